The van der Waals surface area contributed by atoms with Crippen LogP contribution in [-0.4, -0.2) is 28.1 Å². The fourth-order valence-electron chi connectivity index (χ4n) is 2.84. The Kier molecular flexibility index (Phi) is 7.08. The average molecular weight is 427 g/mol. The second-order valence-corrected chi connectivity index (χ2v) is 7.12. The van der Waals surface area contributed by atoms with Crippen molar-refractivity contribution in [2.45, 2.75) is 20.0 Å². The van der Waals surface area contributed by atoms with Crippen LogP contribution in [0.15, 0.2) is 54.7 Å². The van der Waals surface area contributed by atoms with E-state index in [9.17, 15) is 9.59 Å². The maximum atomic E-state index is 12.7. The molecule has 30 heavy (non-hydrogen) atoms. The molecule has 8 heteroatoms. The first-order chi connectivity index (χ1) is 14.5. The Morgan fingerprint density at radius 2 is 1.93 bits per heavy atom. The van der Waals surface area contributed by atoms with E-state index >= 15 is 0 Å². The zero-order valence-electron chi connectivity index (χ0n) is 16.8. The van der Waals surface area contributed by atoms with E-state index < -0.39 is 0 Å². The first-order valence-corrected chi connectivity index (χ1v) is 9.94. The van der Waals surface area contributed by atoms with E-state index in [0.29, 0.717) is 40.9 Å². The number of anilines is 1. The number of hydrogen-bond acceptors (Lipinski definition) is 4. The van der Waals surface area contributed by atoms with E-state index in [0.717, 1.165) is 12.0 Å². The number of halogens is 1. The standard InChI is InChI=1S/C22H23ClN4O3/c1-3-10-24-22(29)20-19(13-25-27(20)2)26-21(28)16-7-4-6-15(11-16)14-30-18-9-5-8-17(23)12-18/h4-9,11-13H,3,10,14H2,1-2H3,(H,24,29)(H,26,28). The van der Waals surface area contributed by atoms with Gasteiger partial charge in [-0.2, -0.15) is 5.10 Å². The van der Waals surface area contributed by atoms with Gasteiger partial charge in [-0.15, -0.1) is 0 Å². The first kappa shape index (κ1) is 21.4. The van der Waals surface area contributed by atoms with Crippen molar-refractivity contribution in [3.05, 3.63) is 76.6 Å². The lowest BCUT2D eigenvalue weighted by molar-refractivity contribution is 0.0945. The second-order valence-electron chi connectivity index (χ2n) is 6.69. The molecule has 2 N–H and O–H groups in total. The van der Waals surface area contributed by atoms with Crippen LogP contribution < -0.4 is 15.4 Å². The highest BCUT2D eigenvalue weighted by Gasteiger charge is 2.19. The van der Waals surface area contributed by atoms with Gasteiger partial charge in [-0.25, -0.2) is 0 Å². The van der Waals surface area contributed by atoms with Crippen molar-refractivity contribution in [3.8, 4) is 5.75 Å². The summed E-state index contributed by atoms with van der Waals surface area (Å²) in [6.07, 6.45) is 2.28. The maximum absolute atomic E-state index is 12.7. The molecule has 0 atom stereocenters. The minimum atomic E-state index is -0.336. The number of rotatable bonds is 8. The molecule has 0 unspecified atom stereocenters. The molecule has 0 saturated heterocycles. The van der Waals surface area contributed by atoms with Crippen LogP contribution in [-0.2, 0) is 13.7 Å². The number of aromatic nitrogens is 2. The molecule has 0 saturated carbocycles. The van der Waals surface area contributed by atoms with Crippen LogP contribution in [0.1, 0.15) is 39.8 Å². The fourth-order valence-corrected chi connectivity index (χ4v) is 3.02. The topological polar surface area (TPSA) is 85.2 Å². The highest BCUT2D eigenvalue weighted by molar-refractivity contribution is 6.30. The Bertz CT molecular complexity index is 1050. The molecule has 7 nitrogen and oxygen atoms in total. The van der Waals surface area contributed by atoms with Crippen molar-refractivity contribution >= 4 is 29.1 Å². The van der Waals surface area contributed by atoms with E-state index in [1.807, 2.05) is 25.1 Å². The third kappa shape index (κ3) is 5.39. The summed E-state index contributed by atoms with van der Waals surface area (Å²) >= 11 is 5.97. The number of carbonyl (C=O) groups excluding carboxylic acids is 2. The number of aryl methyl sites for hydroxylation is 1. The molecular formula is C22H23ClN4O3. The summed E-state index contributed by atoms with van der Waals surface area (Å²) in [5.41, 5.74) is 1.94. The maximum Gasteiger partial charge on any atom is 0.271 e. The van der Waals surface area contributed by atoms with Crippen LogP contribution >= 0.6 is 11.6 Å². The molecule has 2 aromatic carbocycles. The van der Waals surface area contributed by atoms with Crippen LogP contribution in [0.3, 0.4) is 0 Å². The van der Waals surface area contributed by atoms with E-state index in [1.165, 1.54) is 10.9 Å². The number of carbonyl (C=O) groups is 2. The number of amides is 2. The lowest BCUT2D eigenvalue weighted by Gasteiger charge is -2.10. The molecule has 3 aromatic rings. The van der Waals surface area contributed by atoms with E-state index in [4.69, 9.17) is 16.3 Å². The average Bonchev–Trinajstić information content (AvgIpc) is 3.10. The molecular weight excluding hydrogens is 404 g/mol. The second kappa shape index (κ2) is 9.93. The van der Waals surface area contributed by atoms with Gasteiger partial charge in [0.15, 0.2) is 0 Å². The van der Waals surface area contributed by atoms with Gasteiger partial charge in [0, 0.05) is 24.2 Å². The molecule has 156 valence electrons. The van der Waals surface area contributed by atoms with Crippen LogP contribution in [0.5, 0.6) is 5.75 Å². The van der Waals surface area contributed by atoms with E-state index in [-0.39, 0.29) is 11.8 Å². The molecule has 3 rings (SSSR count). The predicted molar refractivity (Wildman–Crippen MR) is 116 cm³/mol. The summed E-state index contributed by atoms with van der Waals surface area (Å²) in [7, 11) is 1.66. The van der Waals surface area contributed by atoms with Crippen molar-refractivity contribution in [2.24, 2.45) is 7.05 Å². The minimum Gasteiger partial charge on any atom is -0.489 e. The third-order valence-corrected chi connectivity index (χ3v) is 4.56. The van der Waals surface area contributed by atoms with Gasteiger partial charge in [-0.05, 0) is 42.3 Å². The normalized spacial score (nSPS) is 10.5. The molecule has 0 bridgehead atoms. The highest BCUT2D eigenvalue weighted by Crippen LogP contribution is 2.19. The van der Waals surface area contributed by atoms with Gasteiger partial charge in [0.25, 0.3) is 11.8 Å². The van der Waals surface area contributed by atoms with Crippen molar-refractivity contribution in [3.63, 3.8) is 0 Å². The van der Waals surface area contributed by atoms with Gasteiger partial charge in [0.1, 0.15) is 18.1 Å². The van der Waals surface area contributed by atoms with Crippen LogP contribution in [0.4, 0.5) is 5.69 Å². The summed E-state index contributed by atoms with van der Waals surface area (Å²) in [5, 5.41) is 10.3. The number of nitrogens with zero attached hydrogens (tertiary/aromatic N) is 2. The zero-order valence-corrected chi connectivity index (χ0v) is 17.6. The Morgan fingerprint density at radius 1 is 1.13 bits per heavy atom. The highest BCUT2D eigenvalue weighted by atomic mass is 35.5. The molecule has 0 fully saturated rings. The molecule has 0 aliphatic carbocycles. The van der Waals surface area contributed by atoms with Crippen LogP contribution in [0.2, 0.25) is 5.02 Å². The number of nitrogens with one attached hydrogen (secondary N) is 2. The van der Waals surface area contributed by atoms with E-state index in [1.54, 1.807) is 37.4 Å². The monoisotopic (exact) mass is 426 g/mol. The molecule has 1 aromatic heterocycles. The lowest BCUT2D eigenvalue weighted by Crippen LogP contribution is -2.27. The van der Waals surface area contributed by atoms with Crippen molar-refractivity contribution in [2.75, 3.05) is 11.9 Å². The summed E-state index contributed by atoms with van der Waals surface area (Å²) in [4.78, 5) is 25.1. The lowest BCUT2D eigenvalue weighted by atomic mass is 10.1. The Balaban J connectivity index is 1.69. The van der Waals surface area contributed by atoms with Gasteiger partial charge in [-0.3, -0.25) is 14.3 Å². The molecule has 0 radical (unpaired) electrons. The number of ether oxygens (including phenoxy) is 1. The SMILES string of the molecule is CCCNC(=O)c1c(NC(=O)c2cccc(COc3cccc(Cl)c3)c2)cnn1C. The Morgan fingerprint density at radius 3 is 2.70 bits per heavy atom. The molecule has 2 amide bonds. The summed E-state index contributed by atoms with van der Waals surface area (Å²) in [6, 6.07) is 14.2. The fraction of sp³-hybridized carbons (Fsp3) is 0.227. The summed E-state index contributed by atoms with van der Waals surface area (Å²) in [5.74, 6) is 0.0309. The van der Waals surface area contributed by atoms with Gasteiger partial charge >= 0.3 is 0 Å². The van der Waals surface area contributed by atoms with Crippen molar-refractivity contribution < 1.29 is 14.3 Å². The van der Waals surface area contributed by atoms with Crippen LogP contribution in [0, 0.1) is 0 Å². The minimum absolute atomic E-state index is 0.282. The first-order valence-electron chi connectivity index (χ1n) is 9.56. The molecule has 0 aliphatic rings. The van der Waals surface area contributed by atoms with Crippen molar-refractivity contribution in [1.29, 1.82) is 0 Å². The smallest absolute Gasteiger partial charge is 0.271 e. The summed E-state index contributed by atoms with van der Waals surface area (Å²) < 4.78 is 7.18. The number of hydrogen-bond donors (Lipinski definition) is 2. The zero-order chi connectivity index (χ0) is 21.5. The Labute approximate surface area is 180 Å². The quantitative estimate of drug-likeness (QED) is 0.569. The number of benzene rings is 2. The summed E-state index contributed by atoms with van der Waals surface area (Å²) in [6.45, 7) is 2.81. The van der Waals surface area contributed by atoms with Gasteiger partial charge in [0.2, 0.25) is 0 Å². The molecule has 1 heterocycles. The van der Waals surface area contributed by atoms with Gasteiger partial charge in [-0.1, -0.05) is 36.7 Å². The largest absolute Gasteiger partial charge is 0.489 e. The third-order valence-electron chi connectivity index (χ3n) is 4.33. The molecule has 0 aliphatic heterocycles. The van der Waals surface area contributed by atoms with Crippen molar-refractivity contribution in [1.82, 2.24) is 15.1 Å². The Hall–Kier alpha value is -3.32. The van der Waals surface area contributed by atoms with E-state index in [2.05, 4.69) is 15.7 Å². The van der Waals surface area contributed by atoms with Gasteiger partial charge < -0.3 is 15.4 Å². The van der Waals surface area contributed by atoms with Crippen LogP contribution in [0.25, 0.3) is 0 Å². The van der Waals surface area contributed by atoms with Gasteiger partial charge in [0.05, 0.1) is 11.9 Å². The predicted octanol–water partition coefficient (Wildman–Crippen LogP) is 4.04. The molecule has 0 spiro atoms.